The van der Waals surface area contributed by atoms with E-state index in [0.717, 1.165) is 21.4 Å². The van der Waals surface area contributed by atoms with Gasteiger partial charge < -0.3 is 9.88 Å². The second-order valence-corrected chi connectivity index (χ2v) is 6.55. The lowest BCUT2D eigenvalue weighted by Crippen LogP contribution is -2.30. The molecule has 0 aliphatic carbocycles. The largest absolute Gasteiger partial charge is 0.343 e. The Hall–Kier alpha value is -3.67. The first-order chi connectivity index (χ1) is 13.6. The molecule has 1 fully saturated rings. The van der Waals surface area contributed by atoms with Crippen molar-refractivity contribution in [2.24, 2.45) is 0 Å². The number of hydrogen-bond acceptors (Lipinski definition) is 2. The minimum atomic E-state index is -0.490. The lowest BCUT2D eigenvalue weighted by molar-refractivity contribution is -0.123. The van der Waals surface area contributed by atoms with Gasteiger partial charge in [0, 0.05) is 29.2 Å². The molecule has 3 amide bonds. The Balaban J connectivity index is 1.65. The zero-order chi connectivity index (χ0) is 19.7. The van der Waals surface area contributed by atoms with Gasteiger partial charge in [-0.3, -0.25) is 9.69 Å². The molecule has 0 bridgehead atoms. The summed E-state index contributed by atoms with van der Waals surface area (Å²) in [4.78, 5) is 26.1. The summed E-state index contributed by atoms with van der Waals surface area (Å²) >= 11 is 0. The van der Waals surface area contributed by atoms with Gasteiger partial charge in [0.05, 0.1) is 6.54 Å². The van der Waals surface area contributed by atoms with Crippen molar-refractivity contribution in [1.82, 2.24) is 14.8 Å². The smallest absolute Gasteiger partial charge is 0.329 e. The van der Waals surface area contributed by atoms with Crippen LogP contribution in [0.2, 0.25) is 0 Å². The van der Waals surface area contributed by atoms with Crippen molar-refractivity contribution in [3.63, 3.8) is 0 Å². The minimum Gasteiger partial charge on any atom is -0.343 e. The average Bonchev–Trinajstić information content (AvgIpc) is 3.17. The van der Waals surface area contributed by atoms with Crippen molar-refractivity contribution in [3.05, 3.63) is 90.0 Å². The molecular weight excluding hydrogens is 357 g/mol. The van der Waals surface area contributed by atoms with E-state index in [0.29, 0.717) is 12.1 Å². The SMILES string of the molecule is C=CCn1cc(C=C2NC(=O)N(Cc3ccc(F)cc3)C2=O)c2ccccc21. The van der Waals surface area contributed by atoms with Crippen molar-refractivity contribution < 1.29 is 14.0 Å². The van der Waals surface area contributed by atoms with Gasteiger partial charge in [-0.05, 0) is 29.8 Å². The normalized spacial score (nSPS) is 15.5. The van der Waals surface area contributed by atoms with Gasteiger partial charge in [-0.25, -0.2) is 9.18 Å². The van der Waals surface area contributed by atoms with Crippen molar-refractivity contribution >= 4 is 28.9 Å². The molecule has 1 aromatic heterocycles. The highest BCUT2D eigenvalue weighted by Gasteiger charge is 2.33. The molecular formula is C22H18FN3O2. The van der Waals surface area contributed by atoms with E-state index in [4.69, 9.17) is 0 Å². The summed E-state index contributed by atoms with van der Waals surface area (Å²) in [5, 5.41) is 3.62. The fraction of sp³-hybridized carbons (Fsp3) is 0.0909. The first-order valence-corrected chi connectivity index (χ1v) is 8.84. The third-order valence-electron chi connectivity index (χ3n) is 4.66. The van der Waals surface area contributed by atoms with Gasteiger partial charge >= 0.3 is 6.03 Å². The number of urea groups is 1. The van der Waals surface area contributed by atoms with E-state index in [-0.39, 0.29) is 18.1 Å². The van der Waals surface area contributed by atoms with Crippen LogP contribution in [0.4, 0.5) is 9.18 Å². The van der Waals surface area contributed by atoms with E-state index < -0.39 is 11.9 Å². The van der Waals surface area contributed by atoms with Crippen molar-refractivity contribution in [2.75, 3.05) is 0 Å². The summed E-state index contributed by atoms with van der Waals surface area (Å²) < 4.78 is 15.1. The number of nitrogens with one attached hydrogen (secondary N) is 1. The van der Waals surface area contributed by atoms with Crippen LogP contribution in [0, 0.1) is 5.82 Å². The maximum Gasteiger partial charge on any atom is 0.329 e. The lowest BCUT2D eigenvalue weighted by atomic mass is 10.1. The predicted octanol–water partition coefficient (Wildman–Crippen LogP) is 4.06. The molecule has 5 nitrogen and oxygen atoms in total. The number of fused-ring (bicyclic) bond motifs is 1. The van der Waals surface area contributed by atoms with Gasteiger partial charge in [-0.2, -0.15) is 0 Å². The molecule has 28 heavy (non-hydrogen) atoms. The Morgan fingerprint density at radius 2 is 1.82 bits per heavy atom. The molecule has 3 aromatic rings. The van der Waals surface area contributed by atoms with Crippen LogP contribution in [0.3, 0.4) is 0 Å². The average molecular weight is 375 g/mol. The van der Waals surface area contributed by atoms with E-state index in [1.54, 1.807) is 24.3 Å². The molecule has 6 heteroatoms. The maximum absolute atomic E-state index is 13.1. The summed E-state index contributed by atoms with van der Waals surface area (Å²) in [6.45, 7) is 4.50. The van der Waals surface area contributed by atoms with Crippen molar-refractivity contribution in [2.45, 2.75) is 13.1 Å². The number of allylic oxidation sites excluding steroid dienone is 1. The molecule has 0 spiro atoms. The standard InChI is InChI=1S/C22H18FN3O2/c1-2-11-25-14-16(18-5-3-4-6-20(18)25)12-19-21(27)26(22(28)24-19)13-15-7-9-17(23)10-8-15/h2-10,12,14H,1,11,13H2,(H,24,28). The maximum atomic E-state index is 13.1. The predicted molar refractivity (Wildman–Crippen MR) is 106 cm³/mol. The molecule has 1 N–H and O–H groups in total. The van der Waals surface area contributed by atoms with Gasteiger partial charge in [0.25, 0.3) is 5.91 Å². The van der Waals surface area contributed by atoms with Crippen LogP contribution in [0.5, 0.6) is 0 Å². The van der Waals surface area contributed by atoms with E-state index in [1.165, 1.54) is 12.1 Å². The molecule has 0 atom stereocenters. The highest BCUT2D eigenvalue weighted by Crippen LogP contribution is 2.25. The first-order valence-electron chi connectivity index (χ1n) is 8.84. The second-order valence-electron chi connectivity index (χ2n) is 6.55. The van der Waals surface area contributed by atoms with Gasteiger partial charge in [-0.15, -0.1) is 6.58 Å². The van der Waals surface area contributed by atoms with Crippen LogP contribution >= 0.6 is 0 Å². The van der Waals surface area contributed by atoms with Crippen LogP contribution in [0.15, 0.2) is 73.1 Å². The van der Waals surface area contributed by atoms with Crippen molar-refractivity contribution in [3.8, 4) is 0 Å². The van der Waals surface area contributed by atoms with E-state index >= 15 is 0 Å². The van der Waals surface area contributed by atoms with Crippen LogP contribution in [0.25, 0.3) is 17.0 Å². The lowest BCUT2D eigenvalue weighted by Gasteiger charge is -2.11. The third-order valence-corrected chi connectivity index (χ3v) is 4.66. The highest BCUT2D eigenvalue weighted by molar-refractivity contribution is 6.14. The summed E-state index contributed by atoms with van der Waals surface area (Å²) in [7, 11) is 0. The summed E-state index contributed by atoms with van der Waals surface area (Å²) in [6.07, 6.45) is 5.42. The Morgan fingerprint density at radius 3 is 2.57 bits per heavy atom. The zero-order valence-electron chi connectivity index (χ0n) is 15.1. The van der Waals surface area contributed by atoms with Gasteiger partial charge in [0.1, 0.15) is 11.5 Å². The van der Waals surface area contributed by atoms with Crippen molar-refractivity contribution in [1.29, 1.82) is 0 Å². The number of benzene rings is 2. The van der Waals surface area contributed by atoms with E-state index in [2.05, 4.69) is 11.9 Å². The molecule has 1 aliphatic rings. The molecule has 1 saturated heterocycles. The number of amides is 3. The van der Waals surface area contributed by atoms with Gasteiger partial charge in [-0.1, -0.05) is 36.4 Å². The number of hydrogen-bond donors (Lipinski definition) is 1. The number of carbonyl (C=O) groups excluding carboxylic acids is 2. The summed E-state index contributed by atoms with van der Waals surface area (Å²) in [5.41, 5.74) is 2.75. The molecule has 0 unspecified atom stereocenters. The number of nitrogens with zero attached hydrogens (tertiary/aromatic N) is 2. The first kappa shape index (κ1) is 17.7. The number of aromatic nitrogens is 1. The second kappa shape index (κ2) is 7.15. The summed E-state index contributed by atoms with van der Waals surface area (Å²) in [5.74, 6) is -0.771. The molecule has 140 valence electrons. The van der Waals surface area contributed by atoms with Crippen LogP contribution in [-0.2, 0) is 17.9 Å². The Kier molecular flexibility index (Phi) is 4.53. The molecule has 1 aliphatic heterocycles. The minimum absolute atomic E-state index is 0.0838. The van der Waals surface area contributed by atoms with Gasteiger partial charge in [0.2, 0.25) is 0 Å². The Labute approximate surface area is 161 Å². The number of halogens is 1. The van der Waals surface area contributed by atoms with Gasteiger partial charge in [0.15, 0.2) is 0 Å². The third kappa shape index (κ3) is 3.20. The Bertz CT molecular complexity index is 1110. The quantitative estimate of drug-likeness (QED) is 0.415. The molecule has 2 heterocycles. The number of carbonyl (C=O) groups is 2. The number of rotatable bonds is 5. The highest BCUT2D eigenvalue weighted by atomic mass is 19.1. The fourth-order valence-electron chi connectivity index (χ4n) is 3.32. The molecule has 0 radical (unpaired) electrons. The number of imide groups is 1. The van der Waals surface area contributed by atoms with E-state index in [9.17, 15) is 14.0 Å². The van der Waals surface area contributed by atoms with Crippen LogP contribution in [-0.4, -0.2) is 21.4 Å². The van der Waals surface area contributed by atoms with Crippen LogP contribution < -0.4 is 5.32 Å². The number of para-hydroxylation sites is 1. The Morgan fingerprint density at radius 1 is 1.07 bits per heavy atom. The monoisotopic (exact) mass is 375 g/mol. The topological polar surface area (TPSA) is 54.3 Å². The fourth-order valence-corrected chi connectivity index (χ4v) is 3.32. The molecule has 2 aromatic carbocycles. The summed E-state index contributed by atoms with van der Waals surface area (Å²) in [6, 6.07) is 13.1. The van der Waals surface area contributed by atoms with E-state index in [1.807, 2.05) is 35.0 Å². The molecule has 4 rings (SSSR count). The zero-order valence-corrected chi connectivity index (χ0v) is 15.1. The van der Waals surface area contributed by atoms with Crippen LogP contribution in [0.1, 0.15) is 11.1 Å². The molecule has 0 saturated carbocycles.